The van der Waals surface area contributed by atoms with Crippen LogP contribution in [0.4, 0.5) is 42.9 Å². The fraction of sp³-hybridized carbons (Fsp3) is 0.0462. The molecule has 2 aromatic heterocycles. The van der Waals surface area contributed by atoms with Crippen molar-refractivity contribution in [1.82, 2.24) is 9.97 Å². The number of oxazole rings is 2. The second kappa shape index (κ2) is 16.3. The number of aryl methyl sites for hydroxylation is 2. The number of rotatable bonds is 8. The van der Waals surface area contributed by atoms with Crippen LogP contribution in [-0.4, -0.2) is 9.97 Å². The van der Waals surface area contributed by atoms with E-state index in [1.807, 2.05) is 36.4 Å². The minimum atomic E-state index is -1.01. The van der Waals surface area contributed by atoms with Gasteiger partial charge in [0.2, 0.25) is 11.8 Å². The van der Waals surface area contributed by atoms with Gasteiger partial charge in [0.25, 0.3) is 0 Å². The Morgan fingerprint density at radius 1 is 0.370 bits per heavy atom. The van der Waals surface area contributed by atoms with Gasteiger partial charge in [-0.2, -0.15) is 0 Å². The highest BCUT2D eigenvalue weighted by Gasteiger charge is 2.55. The molecule has 6 nitrogen and oxygen atoms in total. The fourth-order valence-electron chi connectivity index (χ4n) is 11.4. The SMILES string of the molecule is Cc1ccc(N(c2ccccc2)c2cc3c(c4oc(-c5ccccc5F)nc24)-c2c(cc(N(c4ccccc4)c4ccc(C)cc4)c4nc(-c5ccccc5F)oc24)C32c3ccccc3-c3ccccc32)cc1. The van der Waals surface area contributed by atoms with E-state index in [0.717, 1.165) is 89.8 Å². The molecule has 0 unspecified atom stereocenters. The van der Waals surface area contributed by atoms with Crippen LogP contribution in [0, 0.1) is 25.5 Å². The van der Waals surface area contributed by atoms with E-state index in [4.69, 9.17) is 18.8 Å². The van der Waals surface area contributed by atoms with E-state index in [-0.39, 0.29) is 22.9 Å². The molecule has 0 amide bonds. The number of aromatic nitrogens is 2. The minimum Gasteiger partial charge on any atom is -0.435 e. The molecule has 73 heavy (non-hydrogen) atoms. The van der Waals surface area contributed by atoms with Gasteiger partial charge in [-0.05, 0) is 132 Å². The maximum Gasteiger partial charge on any atom is 0.230 e. The van der Waals surface area contributed by atoms with Crippen molar-refractivity contribution in [2.75, 3.05) is 9.80 Å². The van der Waals surface area contributed by atoms with Crippen LogP contribution in [0.25, 0.3) is 67.4 Å². The highest BCUT2D eigenvalue weighted by Crippen LogP contribution is 2.67. The van der Waals surface area contributed by atoms with Crippen LogP contribution < -0.4 is 9.80 Å². The summed E-state index contributed by atoms with van der Waals surface area (Å²) in [5, 5.41) is 0. The van der Waals surface area contributed by atoms with E-state index in [2.05, 4.69) is 157 Å². The lowest BCUT2D eigenvalue weighted by molar-refractivity contribution is 0.591. The molecule has 0 atom stereocenters. The average Bonchev–Trinajstić information content (AvgIpc) is 4.24. The van der Waals surface area contributed by atoms with Crippen molar-refractivity contribution < 1.29 is 17.6 Å². The third-order valence-electron chi connectivity index (χ3n) is 14.6. The number of halogens is 2. The Morgan fingerprint density at radius 2 is 0.712 bits per heavy atom. The third kappa shape index (κ3) is 6.33. The number of benzene rings is 10. The molecule has 0 fully saturated rings. The molecule has 0 bridgehead atoms. The summed E-state index contributed by atoms with van der Waals surface area (Å²) in [5.41, 5.74) is 16.2. The first kappa shape index (κ1) is 42.5. The highest BCUT2D eigenvalue weighted by molar-refractivity contribution is 6.16. The molecule has 348 valence electrons. The summed E-state index contributed by atoms with van der Waals surface area (Å²) in [5.74, 6) is -0.673. The molecule has 0 saturated carbocycles. The first-order valence-electron chi connectivity index (χ1n) is 24.4. The second-order valence-electron chi connectivity index (χ2n) is 18.8. The van der Waals surface area contributed by atoms with Gasteiger partial charge in [-0.1, -0.05) is 145 Å². The first-order valence-corrected chi connectivity index (χ1v) is 24.4. The number of hydrogen-bond donors (Lipinski definition) is 0. The maximum atomic E-state index is 16.2. The zero-order valence-corrected chi connectivity index (χ0v) is 39.6. The highest BCUT2D eigenvalue weighted by atomic mass is 19.1. The van der Waals surface area contributed by atoms with Crippen molar-refractivity contribution >= 4 is 56.3 Å². The van der Waals surface area contributed by atoms with Gasteiger partial charge in [0.15, 0.2) is 11.2 Å². The van der Waals surface area contributed by atoms with Crippen molar-refractivity contribution in [3.8, 4) is 45.2 Å². The molecule has 0 N–H and O–H groups in total. The molecule has 1 spiro atoms. The molecule has 8 heteroatoms. The van der Waals surface area contributed by atoms with Gasteiger partial charge < -0.3 is 18.6 Å². The molecule has 2 aliphatic carbocycles. The molecule has 10 aromatic carbocycles. The average molecular weight is 949 g/mol. The minimum absolute atomic E-state index is 0.126. The smallest absolute Gasteiger partial charge is 0.230 e. The first-order chi connectivity index (χ1) is 35.9. The molecular weight excluding hydrogens is 907 g/mol. The number of fused-ring (bicyclic) bond motifs is 14. The predicted octanol–water partition coefficient (Wildman–Crippen LogP) is 17.5. The molecule has 2 aliphatic rings. The Morgan fingerprint density at radius 3 is 1.11 bits per heavy atom. The van der Waals surface area contributed by atoms with Crippen molar-refractivity contribution in [3.05, 3.63) is 263 Å². The molecule has 0 aliphatic heterocycles. The lowest BCUT2D eigenvalue weighted by atomic mass is 9.70. The zero-order valence-electron chi connectivity index (χ0n) is 39.6. The second-order valence-corrected chi connectivity index (χ2v) is 18.8. The largest absolute Gasteiger partial charge is 0.435 e. The van der Waals surface area contributed by atoms with Crippen molar-refractivity contribution in [2.45, 2.75) is 19.3 Å². The number of para-hydroxylation sites is 2. The van der Waals surface area contributed by atoms with Crippen LogP contribution in [0.5, 0.6) is 0 Å². The van der Waals surface area contributed by atoms with E-state index in [1.54, 1.807) is 36.4 Å². The van der Waals surface area contributed by atoms with Crippen LogP contribution in [0.2, 0.25) is 0 Å². The van der Waals surface area contributed by atoms with Crippen LogP contribution in [0.3, 0.4) is 0 Å². The number of anilines is 6. The fourth-order valence-corrected chi connectivity index (χ4v) is 11.4. The Bertz CT molecular complexity index is 3880. The van der Waals surface area contributed by atoms with E-state index >= 15 is 8.78 Å². The van der Waals surface area contributed by atoms with Gasteiger partial charge in [0, 0.05) is 33.9 Å². The van der Waals surface area contributed by atoms with Gasteiger partial charge in [-0.3, -0.25) is 0 Å². The molecule has 12 aromatic rings. The topological polar surface area (TPSA) is 58.5 Å². The van der Waals surface area contributed by atoms with Crippen molar-refractivity contribution in [1.29, 1.82) is 0 Å². The lowest BCUT2D eigenvalue weighted by Crippen LogP contribution is -2.26. The Balaban J connectivity index is 1.20. The quantitative estimate of drug-likeness (QED) is 0.151. The van der Waals surface area contributed by atoms with E-state index < -0.39 is 17.0 Å². The Kier molecular flexibility index (Phi) is 9.50. The van der Waals surface area contributed by atoms with Crippen LogP contribution in [-0.2, 0) is 5.41 Å². The third-order valence-corrected chi connectivity index (χ3v) is 14.6. The van der Waals surface area contributed by atoms with Gasteiger partial charge in [0.1, 0.15) is 22.7 Å². The van der Waals surface area contributed by atoms with Crippen LogP contribution >= 0.6 is 0 Å². The molecule has 2 heterocycles. The molecule has 0 saturated heterocycles. The van der Waals surface area contributed by atoms with Gasteiger partial charge in [-0.15, -0.1) is 0 Å². The Hall–Kier alpha value is -9.40. The normalized spacial score (nSPS) is 12.8. The summed E-state index contributed by atoms with van der Waals surface area (Å²) >= 11 is 0. The van der Waals surface area contributed by atoms with E-state index in [1.165, 1.54) is 12.1 Å². The molecule has 14 rings (SSSR count). The number of hydrogen-bond acceptors (Lipinski definition) is 6. The predicted molar refractivity (Wildman–Crippen MR) is 288 cm³/mol. The molecular formula is C65H42F2N4O2. The Labute approximate surface area is 419 Å². The summed E-state index contributed by atoms with van der Waals surface area (Å²) in [4.78, 5) is 15.0. The van der Waals surface area contributed by atoms with Gasteiger partial charge in [0.05, 0.1) is 27.9 Å². The summed E-state index contributed by atoms with van der Waals surface area (Å²) in [7, 11) is 0. The summed E-state index contributed by atoms with van der Waals surface area (Å²) < 4.78 is 46.7. The van der Waals surface area contributed by atoms with Gasteiger partial charge >= 0.3 is 0 Å². The van der Waals surface area contributed by atoms with E-state index in [0.29, 0.717) is 22.2 Å². The van der Waals surface area contributed by atoms with Crippen LogP contribution in [0.15, 0.2) is 227 Å². The van der Waals surface area contributed by atoms with Gasteiger partial charge in [-0.25, -0.2) is 18.7 Å². The standard InChI is InChI=1S/C65H42F2N4O2/c1-39-29-33-43(34-30-39)70(41-17-5-3-6-18-41)55-37-51-57(61-59(55)68-63(72-61)47-23-11-15-27-53(47)66)58-52(65(51)49-25-13-9-21-45(49)46-22-10-14-26-50(46)65)38-56(60-62(58)73-64(69-60)48-24-12-16-28-54(48)67)71(42-19-7-4-8-20-42)44-35-31-40(2)32-36-44/h3-38H,1-2H3. The van der Waals surface area contributed by atoms with Crippen molar-refractivity contribution in [2.24, 2.45) is 0 Å². The summed E-state index contributed by atoms with van der Waals surface area (Å²) in [6.07, 6.45) is 0. The number of nitrogens with zero attached hydrogens (tertiary/aromatic N) is 4. The zero-order chi connectivity index (χ0) is 49.0. The summed E-state index contributed by atoms with van der Waals surface area (Å²) in [6, 6.07) is 72.2. The van der Waals surface area contributed by atoms with E-state index in [9.17, 15) is 0 Å². The molecule has 0 radical (unpaired) electrons. The van der Waals surface area contributed by atoms with Crippen molar-refractivity contribution in [3.63, 3.8) is 0 Å². The lowest BCUT2D eigenvalue weighted by Gasteiger charge is -2.33. The maximum absolute atomic E-state index is 16.2. The summed E-state index contributed by atoms with van der Waals surface area (Å²) in [6.45, 7) is 4.15. The monoisotopic (exact) mass is 948 g/mol. The van der Waals surface area contributed by atoms with Crippen LogP contribution in [0.1, 0.15) is 33.4 Å².